The summed E-state index contributed by atoms with van der Waals surface area (Å²) >= 11 is 0. The van der Waals surface area contributed by atoms with Crippen molar-refractivity contribution in [3.63, 3.8) is 0 Å². The monoisotopic (exact) mass is 101 g/mol. The first kappa shape index (κ1) is 5.06. The van der Waals surface area contributed by atoms with Crippen molar-refractivity contribution in [1.29, 1.82) is 0 Å². The number of hydrogen-bond donors (Lipinski definition) is 0. The van der Waals surface area contributed by atoms with Crippen LogP contribution in [0, 0.1) is 7.11 Å². The van der Waals surface area contributed by atoms with Crippen LogP contribution in [0.4, 0.5) is 0 Å². The topological polar surface area (TPSA) is 18.5 Å². The number of ether oxygens (including phenoxy) is 2. The van der Waals surface area contributed by atoms with Gasteiger partial charge in [0, 0.05) is 6.61 Å². The standard InChI is InChI=1S/C5H9O2/c1-6-5-2-3-7-4-5/h5H,1-4H2/t5-/m0/s1. The molecule has 0 aromatic heterocycles. The third kappa shape index (κ3) is 1.14. The van der Waals surface area contributed by atoms with Crippen molar-refractivity contribution < 1.29 is 9.47 Å². The lowest BCUT2D eigenvalue weighted by Crippen LogP contribution is -2.06. The minimum absolute atomic E-state index is 0.264. The Balaban J connectivity index is 2.14. The third-order valence-electron chi connectivity index (χ3n) is 1.12. The van der Waals surface area contributed by atoms with Gasteiger partial charge in [-0.3, -0.25) is 0 Å². The summed E-state index contributed by atoms with van der Waals surface area (Å²) in [7, 11) is 3.29. The van der Waals surface area contributed by atoms with Crippen LogP contribution in [0.25, 0.3) is 0 Å². The van der Waals surface area contributed by atoms with Crippen LogP contribution in [0.15, 0.2) is 0 Å². The predicted octanol–water partition coefficient (Wildman–Crippen LogP) is 0.583. The molecule has 2 heteroatoms. The number of hydrogen-bond acceptors (Lipinski definition) is 2. The highest BCUT2D eigenvalue weighted by molar-refractivity contribution is 4.61. The van der Waals surface area contributed by atoms with E-state index in [1.165, 1.54) is 0 Å². The van der Waals surface area contributed by atoms with Crippen molar-refractivity contribution in [2.75, 3.05) is 13.2 Å². The molecular formula is C5H9O2. The lowest BCUT2D eigenvalue weighted by atomic mass is 10.3. The number of rotatable bonds is 1. The van der Waals surface area contributed by atoms with E-state index in [1.807, 2.05) is 0 Å². The van der Waals surface area contributed by atoms with E-state index in [9.17, 15) is 0 Å². The van der Waals surface area contributed by atoms with E-state index in [0.717, 1.165) is 19.6 Å². The normalized spacial score (nSPS) is 31.3. The fraction of sp³-hybridized carbons (Fsp3) is 0.800. The molecule has 1 aliphatic rings. The molecule has 41 valence electrons. The second kappa shape index (κ2) is 2.28. The van der Waals surface area contributed by atoms with E-state index in [0.29, 0.717) is 0 Å². The van der Waals surface area contributed by atoms with E-state index in [1.54, 1.807) is 0 Å². The maximum Gasteiger partial charge on any atom is 0.0831 e. The SMILES string of the molecule is [CH2]O[C@H]1CCOC1. The van der Waals surface area contributed by atoms with Gasteiger partial charge in [0.2, 0.25) is 0 Å². The molecular weight excluding hydrogens is 92.1 g/mol. The average molecular weight is 101 g/mol. The summed E-state index contributed by atoms with van der Waals surface area (Å²) < 4.78 is 9.72. The van der Waals surface area contributed by atoms with Crippen molar-refractivity contribution in [3.05, 3.63) is 7.11 Å². The Kier molecular flexibility index (Phi) is 1.65. The molecule has 0 bridgehead atoms. The van der Waals surface area contributed by atoms with E-state index in [-0.39, 0.29) is 6.10 Å². The summed E-state index contributed by atoms with van der Waals surface area (Å²) in [5, 5.41) is 0. The molecule has 0 saturated carbocycles. The summed E-state index contributed by atoms with van der Waals surface area (Å²) in [5.74, 6) is 0. The van der Waals surface area contributed by atoms with Crippen molar-refractivity contribution in [1.82, 2.24) is 0 Å². The van der Waals surface area contributed by atoms with Gasteiger partial charge in [0.25, 0.3) is 0 Å². The van der Waals surface area contributed by atoms with Crippen molar-refractivity contribution in [2.24, 2.45) is 0 Å². The van der Waals surface area contributed by atoms with Gasteiger partial charge in [-0.1, -0.05) is 0 Å². The minimum Gasteiger partial charge on any atom is -0.379 e. The van der Waals surface area contributed by atoms with Crippen LogP contribution < -0.4 is 0 Å². The maximum absolute atomic E-state index is 4.98. The molecule has 1 rings (SSSR count). The van der Waals surface area contributed by atoms with Crippen LogP contribution in [-0.4, -0.2) is 19.3 Å². The molecule has 1 radical (unpaired) electrons. The summed E-state index contributed by atoms with van der Waals surface area (Å²) in [6, 6.07) is 0. The predicted molar refractivity (Wildman–Crippen MR) is 25.7 cm³/mol. The Morgan fingerprint density at radius 3 is 2.86 bits per heavy atom. The molecule has 0 aromatic carbocycles. The summed E-state index contributed by atoms with van der Waals surface area (Å²) in [5.41, 5.74) is 0. The van der Waals surface area contributed by atoms with E-state index in [2.05, 4.69) is 7.11 Å². The van der Waals surface area contributed by atoms with Crippen LogP contribution in [-0.2, 0) is 9.47 Å². The summed E-state index contributed by atoms with van der Waals surface area (Å²) in [4.78, 5) is 0. The van der Waals surface area contributed by atoms with Crippen molar-refractivity contribution in [3.8, 4) is 0 Å². The van der Waals surface area contributed by atoms with Crippen LogP contribution in [0.2, 0.25) is 0 Å². The van der Waals surface area contributed by atoms with Gasteiger partial charge < -0.3 is 9.47 Å². The van der Waals surface area contributed by atoms with Crippen molar-refractivity contribution in [2.45, 2.75) is 12.5 Å². The molecule has 2 nitrogen and oxygen atoms in total. The third-order valence-corrected chi connectivity index (χ3v) is 1.12. The molecule has 0 spiro atoms. The first-order valence-corrected chi connectivity index (χ1v) is 2.42. The zero-order chi connectivity index (χ0) is 5.11. The highest BCUT2D eigenvalue weighted by Crippen LogP contribution is 2.05. The molecule has 1 fully saturated rings. The van der Waals surface area contributed by atoms with Gasteiger partial charge in [0.05, 0.1) is 19.8 Å². The molecule has 1 atom stereocenters. The summed E-state index contributed by atoms with van der Waals surface area (Å²) in [6.07, 6.45) is 1.27. The molecule has 0 amide bonds. The zero-order valence-electron chi connectivity index (χ0n) is 4.22. The smallest absolute Gasteiger partial charge is 0.0831 e. The van der Waals surface area contributed by atoms with Gasteiger partial charge in [0.15, 0.2) is 0 Å². The maximum atomic E-state index is 4.98. The Morgan fingerprint density at radius 2 is 2.57 bits per heavy atom. The van der Waals surface area contributed by atoms with E-state index in [4.69, 9.17) is 9.47 Å². The lowest BCUT2D eigenvalue weighted by Gasteiger charge is -1.99. The first-order chi connectivity index (χ1) is 3.43. The van der Waals surface area contributed by atoms with E-state index >= 15 is 0 Å². The van der Waals surface area contributed by atoms with Gasteiger partial charge in [-0.2, -0.15) is 0 Å². The molecule has 0 aromatic rings. The fourth-order valence-electron chi connectivity index (χ4n) is 0.644. The average Bonchev–Trinajstić information content (AvgIpc) is 2.14. The highest BCUT2D eigenvalue weighted by Gasteiger charge is 2.12. The highest BCUT2D eigenvalue weighted by atomic mass is 16.5. The minimum atomic E-state index is 0.264. The van der Waals surface area contributed by atoms with E-state index < -0.39 is 0 Å². The molecule has 1 aliphatic heterocycles. The molecule has 0 aliphatic carbocycles. The first-order valence-electron chi connectivity index (χ1n) is 2.42. The van der Waals surface area contributed by atoms with Crippen LogP contribution in [0.1, 0.15) is 6.42 Å². The second-order valence-corrected chi connectivity index (χ2v) is 1.65. The molecule has 7 heavy (non-hydrogen) atoms. The quantitative estimate of drug-likeness (QED) is 0.481. The van der Waals surface area contributed by atoms with Crippen LogP contribution in [0.3, 0.4) is 0 Å². The second-order valence-electron chi connectivity index (χ2n) is 1.65. The Hall–Kier alpha value is -0.0800. The van der Waals surface area contributed by atoms with Gasteiger partial charge in [-0.15, -0.1) is 0 Å². The van der Waals surface area contributed by atoms with Gasteiger partial charge in [0.1, 0.15) is 0 Å². The largest absolute Gasteiger partial charge is 0.379 e. The fourth-order valence-corrected chi connectivity index (χ4v) is 0.644. The molecule has 1 saturated heterocycles. The Bertz CT molecular complexity index is 48.0. The molecule has 1 heterocycles. The van der Waals surface area contributed by atoms with Crippen molar-refractivity contribution >= 4 is 0 Å². The molecule has 0 N–H and O–H groups in total. The van der Waals surface area contributed by atoms with Gasteiger partial charge in [-0.05, 0) is 6.42 Å². The van der Waals surface area contributed by atoms with Crippen LogP contribution in [0.5, 0.6) is 0 Å². The lowest BCUT2D eigenvalue weighted by molar-refractivity contribution is 0.106. The zero-order valence-corrected chi connectivity index (χ0v) is 4.22. The van der Waals surface area contributed by atoms with Gasteiger partial charge >= 0.3 is 0 Å². The summed E-state index contributed by atoms with van der Waals surface area (Å²) in [6.45, 7) is 1.56. The van der Waals surface area contributed by atoms with Gasteiger partial charge in [-0.25, -0.2) is 0 Å². The Labute approximate surface area is 43.4 Å². The Morgan fingerprint density at radius 1 is 1.71 bits per heavy atom. The molecule has 0 unspecified atom stereocenters. The van der Waals surface area contributed by atoms with Crippen LogP contribution >= 0.6 is 0 Å².